The molecule has 0 unspecified atom stereocenters. The Morgan fingerprint density at radius 2 is 1.88 bits per heavy atom. The first-order chi connectivity index (χ1) is 8.00. The van der Waals surface area contributed by atoms with Crippen molar-refractivity contribution < 1.29 is 4.79 Å². The third kappa shape index (κ3) is 4.26. The number of rotatable bonds is 4. The highest BCUT2D eigenvalue weighted by molar-refractivity contribution is 5.94. The summed E-state index contributed by atoms with van der Waals surface area (Å²) < 4.78 is 0. The summed E-state index contributed by atoms with van der Waals surface area (Å²) in [7, 11) is 3.92. The summed E-state index contributed by atoms with van der Waals surface area (Å²) in [6, 6.07) is 7.38. The van der Waals surface area contributed by atoms with Crippen LogP contribution in [0.3, 0.4) is 0 Å². The minimum Gasteiger partial charge on any atom is -0.378 e. The molecule has 0 aliphatic carbocycles. The molecule has 0 spiro atoms. The van der Waals surface area contributed by atoms with Gasteiger partial charge in [-0.3, -0.25) is 4.79 Å². The van der Waals surface area contributed by atoms with Crippen LogP contribution in [0.5, 0.6) is 0 Å². The molecule has 0 aliphatic rings. The second kappa shape index (κ2) is 6.03. The molecule has 0 bridgehead atoms. The van der Waals surface area contributed by atoms with E-state index in [1.165, 1.54) is 0 Å². The minimum absolute atomic E-state index is 0.188. The van der Waals surface area contributed by atoms with E-state index in [4.69, 9.17) is 0 Å². The Morgan fingerprint density at radius 3 is 2.35 bits per heavy atom. The largest absolute Gasteiger partial charge is 0.378 e. The van der Waals surface area contributed by atoms with Crippen molar-refractivity contribution in [1.29, 1.82) is 0 Å². The van der Waals surface area contributed by atoms with Gasteiger partial charge in [0.2, 0.25) is 0 Å². The quantitative estimate of drug-likeness (QED) is 0.639. The van der Waals surface area contributed by atoms with Gasteiger partial charge in [-0.15, -0.1) is 0 Å². The van der Waals surface area contributed by atoms with E-state index in [1.54, 1.807) is 18.3 Å². The Labute approximate surface area is 102 Å². The minimum atomic E-state index is -0.188. The molecule has 1 amide bonds. The number of amides is 1. The highest BCUT2D eigenvalue weighted by Gasteiger charge is 2.04. The fraction of sp³-hybridized carbons (Fsp3) is 0.385. The van der Waals surface area contributed by atoms with E-state index in [2.05, 4.69) is 10.5 Å². The average Bonchev–Trinajstić information content (AvgIpc) is 2.28. The lowest BCUT2D eigenvalue weighted by Gasteiger charge is -2.12. The van der Waals surface area contributed by atoms with Gasteiger partial charge in [0.1, 0.15) is 0 Å². The van der Waals surface area contributed by atoms with Crippen molar-refractivity contribution in [2.75, 3.05) is 19.0 Å². The Balaban J connectivity index is 2.64. The second-order valence-corrected chi connectivity index (χ2v) is 4.40. The van der Waals surface area contributed by atoms with E-state index in [-0.39, 0.29) is 5.91 Å². The smallest absolute Gasteiger partial charge is 0.271 e. The maximum atomic E-state index is 11.7. The van der Waals surface area contributed by atoms with Crippen LogP contribution >= 0.6 is 0 Å². The highest BCUT2D eigenvalue weighted by atomic mass is 16.2. The van der Waals surface area contributed by atoms with E-state index in [1.807, 2.05) is 45.0 Å². The zero-order valence-electron chi connectivity index (χ0n) is 10.8. The van der Waals surface area contributed by atoms with Crippen molar-refractivity contribution in [3.63, 3.8) is 0 Å². The molecule has 0 saturated carbocycles. The van der Waals surface area contributed by atoms with Crippen molar-refractivity contribution in [3.8, 4) is 0 Å². The number of carbonyl (C=O) groups excluding carboxylic acids is 1. The number of carbonyl (C=O) groups is 1. The van der Waals surface area contributed by atoms with Gasteiger partial charge >= 0.3 is 0 Å². The molecule has 92 valence electrons. The zero-order chi connectivity index (χ0) is 12.8. The van der Waals surface area contributed by atoms with E-state index in [0.29, 0.717) is 11.5 Å². The molecule has 17 heavy (non-hydrogen) atoms. The fourth-order valence-electron chi connectivity index (χ4n) is 1.22. The maximum absolute atomic E-state index is 11.7. The van der Waals surface area contributed by atoms with Crippen molar-refractivity contribution in [1.82, 2.24) is 5.43 Å². The van der Waals surface area contributed by atoms with Gasteiger partial charge in [-0.1, -0.05) is 13.8 Å². The lowest BCUT2D eigenvalue weighted by atomic mass is 10.2. The first-order valence-electron chi connectivity index (χ1n) is 5.61. The Bertz CT molecular complexity index is 394. The molecule has 0 aromatic heterocycles. The molecule has 0 aliphatic heterocycles. The van der Waals surface area contributed by atoms with Gasteiger partial charge in [0.05, 0.1) is 0 Å². The monoisotopic (exact) mass is 233 g/mol. The molecule has 1 aromatic carbocycles. The van der Waals surface area contributed by atoms with Gasteiger partial charge in [0.25, 0.3) is 5.91 Å². The van der Waals surface area contributed by atoms with Crippen LogP contribution in [-0.2, 0) is 0 Å². The van der Waals surface area contributed by atoms with Crippen LogP contribution in [0.2, 0.25) is 0 Å². The van der Waals surface area contributed by atoms with Crippen molar-refractivity contribution in [3.05, 3.63) is 29.8 Å². The molecule has 0 atom stereocenters. The lowest BCUT2D eigenvalue weighted by Crippen LogP contribution is -2.18. The fourth-order valence-corrected chi connectivity index (χ4v) is 1.22. The molecule has 1 aromatic rings. The molecule has 4 heteroatoms. The summed E-state index contributed by atoms with van der Waals surface area (Å²) in [4.78, 5) is 13.7. The number of hydrazone groups is 1. The van der Waals surface area contributed by atoms with Gasteiger partial charge in [-0.05, 0) is 30.2 Å². The summed E-state index contributed by atoms with van der Waals surface area (Å²) in [6.07, 6.45) is 1.70. The van der Waals surface area contributed by atoms with Crippen LogP contribution in [-0.4, -0.2) is 26.2 Å². The predicted molar refractivity (Wildman–Crippen MR) is 71.6 cm³/mol. The van der Waals surface area contributed by atoms with Crippen LogP contribution in [0.4, 0.5) is 5.69 Å². The Hall–Kier alpha value is -1.84. The third-order valence-electron chi connectivity index (χ3n) is 2.18. The summed E-state index contributed by atoms with van der Waals surface area (Å²) in [5.41, 5.74) is 4.17. The van der Waals surface area contributed by atoms with E-state index in [9.17, 15) is 4.79 Å². The molecule has 1 N–H and O–H groups in total. The van der Waals surface area contributed by atoms with Gasteiger partial charge in [-0.25, -0.2) is 5.43 Å². The molecule has 1 rings (SSSR count). The summed E-state index contributed by atoms with van der Waals surface area (Å²) in [5.74, 6) is 0.138. The third-order valence-corrected chi connectivity index (χ3v) is 2.18. The number of hydrogen-bond donors (Lipinski definition) is 1. The van der Waals surface area contributed by atoms with Crippen LogP contribution in [0.1, 0.15) is 24.2 Å². The number of anilines is 1. The number of nitrogens with one attached hydrogen (secondary N) is 1. The van der Waals surface area contributed by atoms with Gasteiger partial charge in [0, 0.05) is 31.6 Å². The maximum Gasteiger partial charge on any atom is 0.271 e. The van der Waals surface area contributed by atoms with Crippen molar-refractivity contribution in [2.24, 2.45) is 11.0 Å². The topological polar surface area (TPSA) is 44.7 Å². The van der Waals surface area contributed by atoms with E-state index < -0.39 is 0 Å². The van der Waals surface area contributed by atoms with Crippen LogP contribution in [0.15, 0.2) is 29.4 Å². The number of benzene rings is 1. The van der Waals surface area contributed by atoms with Crippen molar-refractivity contribution in [2.45, 2.75) is 13.8 Å². The zero-order valence-corrected chi connectivity index (χ0v) is 10.8. The highest BCUT2D eigenvalue weighted by Crippen LogP contribution is 2.11. The lowest BCUT2D eigenvalue weighted by molar-refractivity contribution is 0.0955. The molecule has 0 radical (unpaired) electrons. The molecule has 0 fully saturated rings. The molecular formula is C13H19N3O. The number of hydrogen-bond acceptors (Lipinski definition) is 3. The molecule has 4 nitrogen and oxygen atoms in total. The van der Waals surface area contributed by atoms with Crippen LogP contribution in [0.25, 0.3) is 0 Å². The second-order valence-electron chi connectivity index (χ2n) is 4.40. The van der Waals surface area contributed by atoms with E-state index in [0.717, 1.165) is 5.69 Å². The van der Waals surface area contributed by atoms with Crippen LogP contribution < -0.4 is 10.3 Å². The first kappa shape index (κ1) is 13.2. The summed E-state index contributed by atoms with van der Waals surface area (Å²) in [6.45, 7) is 4.00. The average molecular weight is 233 g/mol. The van der Waals surface area contributed by atoms with Gasteiger partial charge in [0.15, 0.2) is 0 Å². The standard InChI is InChI=1S/C13H19N3O/c1-10(2)9-14-15-13(17)11-5-7-12(8-6-11)16(3)4/h5-10H,1-4H3,(H,15,17)/b14-9+. The van der Waals surface area contributed by atoms with E-state index >= 15 is 0 Å². The van der Waals surface area contributed by atoms with Crippen LogP contribution in [0, 0.1) is 5.92 Å². The number of nitrogens with zero attached hydrogens (tertiary/aromatic N) is 2. The molecular weight excluding hydrogens is 214 g/mol. The summed E-state index contributed by atoms with van der Waals surface area (Å²) >= 11 is 0. The predicted octanol–water partition coefficient (Wildman–Crippen LogP) is 2.12. The Morgan fingerprint density at radius 1 is 1.29 bits per heavy atom. The molecule has 0 heterocycles. The summed E-state index contributed by atoms with van der Waals surface area (Å²) in [5, 5.41) is 3.87. The Kier molecular flexibility index (Phi) is 4.69. The van der Waals surface area contributed by atoms with Crippen molar-refractivity contribution >= 4 is 17.8 Å². The van der Waals surface area contributed by atoms with Gasteiger partial charge < -0.3 is 4.90 Å². The molecule has 0 saturated heterocycles. The first-order valence-corrected chi connectivity index (χ1v) is 5.61. The van der Waals surface area contributed by atoms with Gasteiger partial charge in [-0.2, -0.15) is 5.10 Å². The normalized spacial score (nSPS) is 10.9. The SMILES string of the molecule is CC(C)/C=N/NC(=O)c1ccc(N(C)C)cc1.